The van der Waals surface area contributed by atoms with E-state index in [0.29, 0.717) is 6.61 Å². The highest BCUT2D eigenvalue weighted by Gasteiger charge is 2.11. The lowest BCUT2D eigenvalue weighted by Crippen LogP contribution is -2.12. The van der Waals surface area contributed by atoms with Crippen LogP contribution in [0.3, 0.4) is 0 Å². The summed E-state index contributed by atoms with van der Waals surface area (Å²) in [7, 11) is 0. The standard InChI is InChI=1S/C20H31NO5/c1-2-3-4-5-6-7-8-9-10-11-14-25-20(24)26-16-12-13-17(19(22)23)18(21)15-16/h12-13,15H,2-11,14,21H2,1H3,(H,22,23). The number of ether oxygens (including phenoxy) is 2. The molecular formula is C20H31NO5. The maximum Gasteiger partial charge on any atom is 0.513 e. The van der Waals surface area contributed by atoms with Gasteiger partial charge in [0.1, 0.15) is 5.75 Å². The van der Waals surface area contributed by atoms with E-state index in [-0.39, 0.29) is 17.0 Å². The zero-order chi connectivity index (χ0) is 19.2. The fraction of sp³-hybridized carbons (Fsp3) is 0.600. The van der Waals surface area contributed by atoms with Gasteiger partial charge >= 0.3 is 12.1 Å². The maximum absolute atomic E-state index is 11.6. The lowest BCUT2D eigenvalue weighted by atomic mass is 10.1. The molecule has 0 saturated carbocycles. The Morgan fingerprint density at radius 1 is 0.962 bits per heavy atom. The molecule has 0 spiro atoms. The number of nitrogen functional groups attached to an aromatic ring is 1. The Kier molecular flexibility index (Phi) is 10.9. The molecule has 3 N–H and O–H groups in total. The quantitative estimate of drug-likeness (QED) is 0.210. The number of rotatable bonds is 13. The highest BCUT2D eigenvalue weighted by Crippen LogP contribution is 2.20. The van der Waals surface area contributed by atoms with Gasteiger partial charge in [-0.3, -0.25) is 0 Å². The van der Waals surface area contributed by atoms with Gasteiger partial charge in [-0.1, -0.05) is 64.7 Å². The molecule has 1 rings (SSSR count). The van der Waals surface area contributed by atoms with Gasteiger partial charge in [0.05, 0.1) is 12.2 Å². The Bertz CT molecular complexity index is 559. The first-order valence-electron chi connectivity index (χ1n) is 9.52. The van der Waals surface area contributed by atoms with Gasteiger partial charge in [0, 0.05) is 11.8 Å². The summed E-state index contributed by atoms with van der Waals surface area (Å²) in [5, 5.41) is 8.90. The third-order valence-corrected chi connectivity index (χ3v) is 4.17. The second-order valence-electron chi connectivity index (χ2n) is 6.44. The zero-order valence-electron chi connectivity index (χ0n) is 15.7. The molecule has 26 heavy (non-hydrogen) atoms. The Morgan fingerprint density at radius 3 is 2.08 bits per heavy atom. The van der Waals surface area contributed by atoms with Crippen LogP contribution in [0.1, 0.15) is 81.5 Å². The average Bonchev–Trinajstić information content (AvgIpc) is 2.59. The van der Waals surface area contributed by atoms with E-state index >= 15 is 0 Å². The van der Waals surface area contributed by atoms with Crippen LogP contribution in [0.15, 0.2) is 18.2 Å². The van der Waals surface area contributed by atoms with Gasteiger partial charge in [-0.15, -0.1) is 0 Å². The van der Waals surface area contributed by atoms with Gasteiger partial charge in [0.25, 0.3) is 0 Å². The number of benzene rings is 1. The number of hydrogen-bond donors (Lipinski definition) is 2. The summed E-state index contributed by atoms with van der Waals surface area (Å²) in [6.07, 6.45) is 11.3. The van der Waals surface area contributed by atoms with E-state index in [9.17, 15) is 9.59 Å². The SMILES string of the molecule is CCCCCCCCCCCCOC(=O)Oc1ccc(C(=O)O)c(N)c1. The number of carbonyl (C=O) groups excluding carboxylic acids is 1. The summed E-state index contributed by atoms with van der Waals surface area (Å²) in [5.41, 5.74) is 5.61. The molecule has 0 saturated heterocycles. The van der Waals surface area contributed by atoms with Crippen LogP contribution < -0.4 is 10.5 Å². The molecule has 0 bridgehead atoms. The largest absolute Gasteiger partial charge is 0.513 e. The predicted molar refractivity (Wildman–Crippen MR) is 102 cm³/mol. The Hall–Kier alpha value is -2.24. The molecule has 146 valence electrons. The van der Waals surface area contributed by atoms with Crippen molar-refractivity contribution in [2.75, 3.05) is 12.3 Å². The molecule has 1 aromatic rings. The predicted octanol–water partition coefficient (Wildman–Crippen LogP) is 5.40. The number of aromatic carboxylic acids is 1. The number of unbranched alkanes of at least 4 members (excludes halogenated alkanes) is 9. The smallest absolute Gasteiger partial charge is 0.478 e. The van der Waals surface area contributed by atoms with E-state index in [1.165, 1.54) is 63.1 Å². The second-order valence-corrected chi connectivity index (χ2v) is 6.44. The van der Waals surface area contributed by atoms with Crippen LogP contribution in [0.4, 0.5) is 10.5 Å². The lowest BCUT2D eigenvalue weighted by Gasteiger charge is -2.07. The molecule has 0 atom stereocenters. The summed E-state index contributed by atoms with van der Waals surface area (Å²) in [5.74, 6) is -0.960. The maximum atomic E-state index is 11.6. The molecule has 0 aliphatic carbocycles. The minimum Gasteiger partial charge on any atom is -0.478 e. The van der Waals surface area contributed by atoms with Gasteiger partial charge in [0.2, 0.25) is 0 Å². The van der Waals surface area contributed by atoms with Gasteiger partial charge in [-0.25, -0.2) is 9.59 Å². The summed E-state index contributed by atoms with van der Waals surface area (Å²) in [6, 6.07) is 3.97. The third kappa shape index (κ3) is 9.30. The van der Waals surface area contributed by atoms with Crippen LogP contribution in [0, 0.1) is 0 Å². The molecule has 0 aliphatic heterocycles. The molecule has 0 aliphatic rings. The van der Waals surface area contributed by atoms with Crippen LogP contribution >= 0.6 is 0 Å². The molecule has 0 radical (unpaired) electrons. The number of carbonyl (C=O) groups is 2. The average molecular weight is 365 g/mol. The lowest BCUT2D eigenvalue weighted by molar-refractivity contribution is 0.0698. The van der Waals surface area contributed by atoms with Crippen molar-refractivity contribution in [2.45, 2.75) is 71.1 Å². The molecule has 0 heterocycles. The van der Waals surface area contributed by atoms with E-state index < -0.39 is 12.1 Å². The minimum absolute atomic E-state index is 0.0314. The Balaban J connectivity index is 2.07. The zero-order valence-corrected chi connectivity index (χ0v) is 15.7. The van der Waals surface area contributed by atoms with Crippen molar-refractivity contribution in [3.05, 3.63) is 23.8 Å². The molecule has 6 heteroatoms. The van der Waals surface area contributed by atoms with Crippen molar-refractivity contribution >= 4 is 17.8 Å². The first-order valence-corrected chi connectivity index (χ1v) is 9.52. The highest BCUT2D eigenvalue weighted by molar-refractivity contribution is 5.93. The number of nitrogens with two attached hydrogens (primary N) is 1. The minimum atomic E-state index is -1.13. The van der Waals surface area contributed by atoms with Crippen LogP contribution in [0.25, 0.3) is 0 Å². The number of hydrogen-bond acceptors (Lipinski definition) is 5. The normalized spacial score (nSPS) is 10.5. The van der Waals surface area contributed by atoms with Crippen molar-refractivity contribution in [3.8, 4) is 5.75 Å². The second kappa shape index (κ2) is 13.0. The first kappa shape index (κ1) is 21.8. The summed E-state index contributed by atoms with van der Waals surface area (Å²) in [6.45, 7) is 2.54. The third-order valence-electron chi connectivity index (χ3n) is 4.17. The molecule has 6 nitrogen and oxygen atoms in total. The van der Waals surface area contributed by atoms with Crippen LogP contribution in [0.5, 0.6) is 5.75 Å². The summed E-state index contributed by atoms with van der Waals surface area (Å²) >= 11 is 0. The molecule has 0 fully saturated rings. The van der Waals surface area contributed by atoms with Gasteiger partial charge in [-0.2, -0.15) is 0 Å². The van der Waals surface area contributed by atoms with Crippen molar-refractivity contribution in [2.24, 2.45) is 0 Å². The fourth-order valence-corrected chi connectivity index (χ4v) is 2.67. The van der Waals surface area contributed by atoms with E-state index in [4.69, 9.17) is 20.3 Å². The number of carboxylic acids is 1. The highest BCUT2D eigenvalue weighted by atomic mass is 16.7. The topological polar surface area (TPSA) is 98.8 Å². The molecule has 0 aromatic heterocycles. The van der Waals surface area contributed by atoms with Gasteiger partial charge in [-0.05, 0) is 18.6 Å². The Morgan fingerprint density at radius 2 is 1.54 bits per heavy atom. The summed E-state index contributed by atoms with van der Waals surface area (Å²) in [4.78, 5) is 22.5. The van der Waals surface area contributed by atoms with Crippen molar-refractivity contribution in [3.63, 3.8) is 0 Å². The van der Waals surface area contributed by atoms with Gasteiger partial charge in [0.15, 0.2) is 0 Å². The van der Waals surface area contributed by atoms with Crippen molar-refractivity contribution in [1.29, 1.82) is 0 Å². The molecule has 0 amide bonds. The number of carboxylic acid groups (broad SMARTS) is 1. The van der Waals surface area contributed by atoms with Gasteiger partial charge < -0.3 is 20.3 Å². The van der Waals surface area contributed by atoms with Crippen LogP contribution in [-0.2, 0) is 4.74 Å². The monoisotopic (exact) mass is 365 g/mol. The van der Waals surface area contributed by atoms with E-state index in [2.05, 4.69) is 6.92 Å². The molecule has 1 aromatic carbocycles. The molecular weight excluding hydrogens is 334 g/mol. The van der Waals surface area contributed by atoms with Crippen LogP contribution in [-0.4, -0.2) is 23.8 Å². The van der Waals surface area contributed by atoms with E-state index in [1.807, 2.05) is 0 Å². The summed E-state index contributed by atoms with van der Waals surface area (Å²) < 4.78 is 10.0. The number of anilines is 1. The van der Waals surface area contributed by atoms with Crippen molar-refractivity contribution < 1.29 is 24.2 Å². The fourth-order valence-electron chi connectivity index (χ4n) is 2.67. The van der Waals surface area contributed by atoms with E-state index in [0.717, 1.165) is 19.3 Å². The first-order chi connectivity index (χ1) is 12.5. The Labute approximate surface area is 155 Å². The molecule has 0 unspecified atom stereocenters. The van der Waals surface area contributed by atoms with E-state index in [1.54, 1.807) is 0 Å². The van der Waals surface area contributed by atoms with Crippen LogP contribution in [0.2, 0.25) is 0 Å². The van der Waals surface area contributed by atoms with Crippen molar-refractivity contribution in [1.82, 2.24) is 0 Å².